The fourth-order valence-corrected chi connectivity index (χ4v) is 3.76. The van der Waals surface area contributed by atoms with E-state index in [2.05, 4.69) is 29.1 Å². The van der Waals surface area contributed by atoms with Crippen molar-refractivity contribution in [1.29, 1.82) is 0 Å². The maximum absolute atomic E-state index is 12.6. The van der Waals surface area contributed by atoms with Gasteiger partial charge in [0.25, 0.3) is 5.91 Å². The van der Waals surface area contributed by atoms with Crippen LogP contribution in [0, 0.1) is 5.92 Å². The lowest BCUT2D eigenvalue weighted by Crippen LogP contribution is -2.41. The molecule has 2 aromatic heterocycles. The fourth-order valence-electron chi connectivity index (χ4n) is 2.94. The van der Waals surface area contributed by atoms with E-state index >= 15 is 0 Å². The summed E-state index contributed by atoms with van der Waals surface area (Å²) >= 11 is 1.50. The van der Waals surface area contributed by atoms with E-state index in [9.17, 15) is 9.90 Å². The van der Waals surface area contributed by atoms with Gasteiger partial charge in [-0.3, -0.25) is 4.79 Å². The van der Waals surface area contributed by atoms with Gasteiger partial charge >= 0.3 is 0 Å². The van der Waals surface area contributed by atoms with E-state index in [0.29, 0.717) is 30.3 Å². The van der Waals surface area contributed by atoms with Crippen LogP contribution >= 0.6 is 11.3 Å². The number of ether oxygens (including phenoxy) is 1. The van der Waals surface area contributed by atoms with Crippen LogP contribution in [0.15, 0.2) is 23.7 Å². The van der Waals surface area contributed by atoms with E-state index in [1.165, 1.54) is 11.3 Å². The van der Waals surface area contributed by atoms with Gasteiger partial charge in [0.15, 0.2) is 0 Å². The number of carbonyl (C=O) groups is 1. The Morgan fingerprint density at radius 2 is 2.16 bits per heavy atom. The van der Waals surface area contributed by atoms with E-state index in [-0.39, 0.29) is 24.0 Å². The molecule has 1 unspecified atom stereocenters. The van der Waals surface area contributed by atoms with Gasteiger partial charge in [0.1, 0.15) is 5.69 Å². The molecule has 0 saturated heterocycles. The number of methoxy groups -OCH3 is 1. The predicted molar refractivity (Wildman–Crippen MR) is 95.9 cm³/mol. The molecule has 1 atom stereocenters. The van der Waals surface area contributed by atoms with Crippen LogP contribution in [-0.2, 0) is 0 Å². The lowest BCUT2D eigenvalue weighted by Gasteiger charge is -2.38. The third kappa shape index (κ3) is 3.99. The van der Waals surface area contributed by atoms with Crippen molar-refractivity contribution in [3.8, 4) is 5.88 Å². The number of amides is 1. The number of pyridine rings is 1. The van der Waals surface area contributed by atoms with Crippen LogP contribution in [0.5, 0.6) is 5.88 Å². The first-order valence-electron chi connectivity index (χ1n) is 8.42. The number of hydrogen-bond acceptors (Lipinski definition) is 6. The molecule has 0 aliphatic heterocycles. The highest BCUT2D eigenvalue weighted by atomic mass is 32.1. The molecule has 7 heteroatoms. The van der Waals surface area contributed by atoms with Gasteiger partial charge < -0.3 is 15.2 Å². The lowest BCUT2D eigenvalue weighted by atomic mass is 9.75. The van der Waals surface area contributed by atoms with Crippen LogP contribution in [0.2, 0.25) is 0 Å². The monoisotopic (exact) mass is 361 g/mol. The molecule has 3 rings (SSSR count). The summed E-state index contributed by atoms with van der Waals surface area (Å²) in [6.07, 6.45) is 2.77. The number of aromatic nitrogens is 2. The van der Waals surface area contributed by atoms with E-state index < -0.39 is 0 Å². The Hall–Kier alpha value is -1.99. The molecule has 25 heavy (non-hydrogen) atoms. The maximum Gasteiger partial charge on any atom is 0.271 e. The Morgan fingerprint density at radius 3 is 2.68 bits per heavy atom. The summed E-state index contributed by atoms with van der Waals surface area (Å²) in [6, 6.07) is 3.49. The minimum Gasteiger partial charge on any atom is -0.481 e. The summed E-state index contributed by atoms with van der Waals surface area (Å²) < 4.78 is 5.10. The lowest BCUT2D eigenvalue weighted by molar-refractivity contribution is 0.0234. The van der Waals surface area contributed by atoms with Gasteiger partial charge in [-0.25, -0.2) is 9.97 Å². The molecular formula is C18H23N3O3S. The zero-order chi connectivity index (χ0) is 18.0. The summed E-state index contributed by atoms with van der Waals surface area (Å²) in [5, 5.41) is 15.5. The van der Waals surface area contributed by atoms with Gasteiger partial charge in [0.05, 0.1) is 24.3 Å². The third-order valence-corrected chi connectivity index (χ3v) is 5.63. The number of thiazole rings is 1. The molecule has 1 saturated carbocycles. The molecule has 2 N–H and O–H groups in total. The Morgan fingerprint density at radius 1 is 1.40 bits per heavy atom. The number of nitrogens with one attached hydrogen (secondary N) is 1. The standard InChI is InChI=1S/C18H23N3O3S/c1-10(2)18-20-14(9-25-18)17(23)21-16(12-6-13(22)7-12)11-4-5-15(24-3)19-8-11/h4-5,8-10,12-13,16,22H,6-7H2,1-3H3,(H,21,23). The Balaban J connectivity index is 1.77. The van der Waals surface area contributed by atoms with Crippen molar-refractivity contribution in [1.82, 2.24) is 15.3 Å². The molecule has 0 bridgehead atoms. The van der Waals surface area contributed by atoms with Crippen molar-refractivity contribution in [3.63, 3.8) is 0 Å². The molecule has 1 aliphatic carbocycles. The molecule has 2 aromatic rings. The second-order valence-corrected chi connectivity index (χ2v) is 7.59. The molecule has 134 valence electrons. The van der Waals surface area contributed by atoms with Gasteiger partial charge in [-0.1, -0.05) is 19.9 Å². The average Bonchev–Trinajstić information content (AvgIpc) is 3.08. The van der Waals surface area contributed by atoms with Crippen molar-refractivity contribution in [2.45, 2.75) is 44.8 Å². The smallest absolute Gasteiger partial charge is 0.271 e. The first-order chi connectivity index (χ1) is 12.0. The highest BCUT2D eigenvalue weighted by Gasteiger charge is 2.36. The van der Waals surface area contributed by atoms with Crippen LogP contribution in [-0.4, -0.2) is 34.2 Å². The second kappa shape index (κ2) is 7.49. The van der Waals surface area contributed by atoms with Crippen molar-refractivity contribution >= 4 is 17.2 Å². The number of nitrogens with zero attached hydrogens (tertiary/aromatic N) is 2. The molecular weight excluding hydrogens is 338 g/mol. The summed E-state index contributed by atoms with van der Waals surface area (Å²) in [7, 11) is 1.57. The molecule has 0 radical (unpaired) electrons. The molecule has 0 aromatic carbocycles. The van der Waals surface area contributed by atoms with E-state index in [1.54, 1.807) is 24.8 Å². The first-order valence-corrected chi connectivity index (χ1v) is 9.30. The van der Waals surface area contributed by atoms with Crippen LogP contribution < -0.4 is 10.1 Å². The molecule has 6 nitrogen and oxygen atoms in total. The topological polar surface area (TPSA) is 84.3 Å². The van der Waals surface area contributed by atoms with Gasteiger partial charge in [-0.2, -0.15) is 0 Å². The van der Waals surface area contributed by atoms with Crippen molar-refractivity contribution in [3.05, 3.63) is 40.0 Å². The molecule has 2 heterocycles. The molecule has 0 spiro atoms. The molecule has 1 amide bonds. The van der Waals surface area contributed by atoms with Crippen LogP contribution in [0.1, 0.15) is 59.7 Å². The minimum absolute atomic E-state index is 0.189. The summed E-state index contributed by atoms with van der Waals surface area (Å²) in [4.78, 5) is 21.3. The van der Waals surface area contributed by atoms with E-state index in [1.807, 2.05) is 6.07 Å². The van der Waals surface area contributed by atoms with Gasteiger partial charge in [0, 0.05) is 23.6 Å². The SMILES string of the molecule is COc1ccc(C(NC(=O)c2csc(C(C)C)n2)C2CC(O)C2)cn1. The highest BCUT2D eigenvalue weighted by molar-refractivity contribution is 7.09. The van der Waals surface area contributed by atoms with Gasteiger partial charge in [-0.05, 0) is 24.3 Å². The number of hydrogen-bond donors (Lipinski definition) is 2. The van der Waals surface area contributed by atoms with Crippen LogP contribution in [0.4, 0.5) is 0 Å². The van der Waals surface area contributed by atoms with Gasteiger partial charge in [0.2, 0.25) is 5.88 Å². The van der Waals surface area contributed by atoms with Gasteiger partial charge in [-0.15, -0.1) is 11.3 Å². The number of carbonyl (C=O) groups excluding carboxylic acids is 1. The fraction of sp³-hybridized carbons (Fsp3) is 0.500. The number of aliphatic hydroxyl groups excluding tert-OH is 1. The highest BCUT2D eigenvalue weighted by Crippen LogP contribution is 2.38. The predicted octanol–water partition coefficient (Wildman–Crippen LogP) is 2.91. The van der Waals surface area contributed by atoms with Crippen molar-refractivity contribution in [2.75, 3.05) is 7.11 Å². The number of rotatable bonds is 6. The summed E-state index contributed by atoms with van der Waals surface area (Å²) in [5.74, 6) is 0.834. The zero-order valence-electron chi connectivity index (χ0n) is 14.6. The molecule has 1 fully saturated rings. The normalized spacial score (nSPS) is 20.8. The third-order valence-electron chi connectivity index (χ3n) is 4.48. The van der Waals surface area contributed by atoms with E-state index in [0.717, 1.165) is 10.6 Å². The minimum atomic E-state index is -0.289. The number of aliphatic hydroxyl groups is 1. The second-order valence-electron chi connectivity index (χ2n) is 6.70. The Bertz CT molecular complexity index is 723. The zero-order valence-corrected chi connectivity index (χ0v) is 15.4. The van der Waals surface area contributed by atoms with Crippen LogP contribution in [0.25, 0.3) is 0 Å². The van der Waals surface area contributed by atoms with Crippen LogP contribution in [0.3, 0.4) is 0 Å². The quantitative estimate of drug-likeness (QED) is 0.826. The van der Waals surface area contributed by atoms with Crippen molar-refractivity contribution in [2.24, 2.45) is 5.92 Å². The van der Waals surface area contributed by atoms with Crippen molar-refractivity contribution < 1.29 is 14.6 Å². The largest absolute Gasteiger partial charge is 0.481 e. The molecule has 1 aliphatic rings. The van der Waals surface area contributed by atoms with E-state index in [4.69, 9.17) is 4.74 Å². The Kier molecular flexibility index (Phi) is 5.34. The first kappa shape index (κ1) is 17.8. The maximum atomic E-state index is 12.6. The summed E-state index contributed by atoms with van der Waals surface area (Å²) in [6.45, 7) is 4.12. The average molecular weight is 361 g/mol. The summed E-state index contributed by atoms with van der Waals surface area (Å²) in [5.41, 5.74) is 1.35. The Labute approximate surface area is 151 Å².